The zero-order valence-electron chi connectivity index (χ0n) is 16.3. The molecule has 2 rings (SSSR count). The first-order valence-electron chi connectivity index (χ1n) is 8.81. The van der Waals surface area contributed by atoms with Crippen LogP contribution in [0.25, 0.3) is 0 Å². The molecule has 156 valence electrons. The average molecular weight is 421 g/mol. The van der Waals surface area contributed by atoms with Gasteiger partial charge < -0.3 is 23.8 Å². The first-order chi connectivity index (χ1) is 14.0. The number of ether oxygens (including phenoxy) is 4. The fourth-order valence-electron chi connectivity index (χ4n) is 2.46. The lowest BCUT2D eigenvalue weighted by molar-refractivity contribution is -0.134. The largest absolute Gasteiger partial charge is 0.493 e. The van der Waals surface area contributed by atoms with Gasteiger partial charge in [0.15, 0.2) is 11.5 Å². The molecule has 0 N–H and O–H groups in total. The van der Waals surface area contributed by atoms with Crippen molar-refractivity contribution in [1.82, 2.24) is 4.90 Å². The van der Waals surface area contributed by atoms with Crippen LogP contribution in [0.2, 0.25) is 0 Å². The van der Waals surface area contributed by atoms with E-state index in [4.69, 9.17) is 14.2 Å². The van der Waals surface area contributed by atoms with Gasteiger partial charge in [0.05, 0.1) is 43.2 Å². The SMILES string of the molecule is C=CCOc1ccc(C(=O)OCCCN2C(=O)CS/C2=C/C(=O)OC)cc1OC. The van der Waals surface area contributed by atoms with Gasteiger partial charge in [-0.25, -0.2) is 9.59 Å². The maximum atomic E-state index is 12.3. The molecule has 1 saturated heterocycles. The second-order valence-electron chi connectivity index (χ2n) is 5.79. The van der Waals surface area contributed by atoms with E-state index >= 15 is 0 Å². The number of benzene rings is 1. The summed E-state index contributed by atoms with van der Waals surface area (Å²) in [6, 6.07) is 4.75. The third-order valence-electron chi connectivity index (χ3n) is 3.87. The third-order valence-corrected chi connectivity index (χ3v) is 4.89. The molecule has 0 unspecified atom stereocenters. The van der Waals surface area contributed by atoms with Gasteiger partial charge in [-0.1, -0.05) is 24.4 Å². The summed E-state index contributed by atoms with van der Waals surface area (Å²) in [4.78, 5) is 37.1. The summed E-state index contributed by atoms with van der Waals surface area (Å²) in [5, 5.41) is 0.535. The third kappa shape index (κ3) is 6.28. The highest BCUT2D eigenvalue weighted by molar-refractivity contribution is 8.04. The van der Waals surface area contributed by atoms with Crippen LogP contribution in [-0.4, -0.2) is 62.5 Å². The highest BCUT2D eigenvalue weighted by Crippen LogP contribution is 2.29. The molecule has 1 aliphatic heterocycles. The second-order valence-corrected chi connectivity index (χ2v) is 6.79. The van der Waals surface area contributed by atoms with Crippen molar-refractivity contribution < 1.29 is 33.3 Å². The number of carbonyl (C=O) groups is 3. The van der Waals surface area contributed by atoms with E-state index < -0.39 is 11.9 Å². The van der Waals surface area contributed by atoms with Crippen LogP contribution in [0.1, 0.15) is 16.8 Å². The van der Waals surface area contributed by atoms with Crippen LogP contribution in [0.3, 0.4) is 0 Å². The van der Waals surface area contributed by atoms with Gasteiger partial charge in [-0.2, -0.15) is 0 Å². The molecule has 1 aliphatic rings. The van der Waals surface area contributed by atoms with Gasteiger partial charge in [0.1, 0.15) is 6.61 Å². The Labute approximate surface area is 173 Å². The zero-order chi connectivity index (χ0) is 21.2. The van der Waals surface area contributed by atoms with E-state index in [0.29, 0.717) is 41.7 Å². The van der Waals surface area contributed by atoms with Crippen LogP contribution in [0.4, 0.5) is 0 Å². The maximum Gasteiger partial charge on any atom is 0.338 e. The number of esters is 2. The van der Waals surface area contributed by atoms with Crippen molar-refractivity contribution >= 4 is 29.6 Å². The predicted molar refractivity (Wildman–Crippen MR) is 108 cm³/mol. The van der Waals surface area contributed by atoms with Crippen LogP contribution in [0.5, 0.6) is 11.5 Å². The number of methoxy groups -OCH3 is 2. The summed E-state index contributed by atoms with van der Waals surface area (Å²) in [6.07, 6.45) is 3.31. The molecule has 8 nitrogen and oxygen atoms in total. The van der Waals surface area contributed by atoms with Gasteiger partial charge in [0, 0.05) is 6.54 Å². The standard InChI is InChI=1S/C20H23NO7S/c1-4-9-27-15-7-6-14(11-16(15)25-2)20(24)28-10-5-8-21-17(22)13-29-18(21)12-19(23)26-3/h4,6-7,11-12H,1,5,8-10,13H2,2-3H3/b18-12+. The molecule has 0 aromatic heterocycles. The molecule has 0 radical (unpaired) electrons. The van der Waals surface area contributed by atoms with E-state index in [2.05, 4.69) is 11.3 Å². The van der Waals surface area contributed by atoms with Gasteiger partial charge in [-0.15, -0.1) is 0 Å². The van der Waals surface area contributed by atoms with Crippen LogP contribution < -0.4 is 9.47 Å². The van der Waals surface area contributed by atoms with Crippen molar-refractivity contribution in [2.75, 3.05) is 39.7 Å². The Morgan fingerprint density at radius 2 is 2.07 bits per heavy atom. The number of nitrogens with zero attached hydrogens (tertiary/aromatic N) is 1. The summed E-state index contributed by atoms with van der Waals surface area (Å²) in [5.41, 5.74) is 0.326. The van der Waals surface area contributed by atoms with Crippen molar-refractivity contribution in [3.8, 4) is 11.5 Å². The maximum absolute atomic E-state index is 12.3. The van der Waals surface area contributed by atoms with Gasteiger partial charge in [0.2, 0.25) is 5.91 Å². The molecule has 1 aromatic carbocycles. The minimum atomic E-state index is -0.520. The number of hydrogen-bond donors (Lipinski definition) is 0. The molecular formula is C20H23NO7S. The van der Waals surface area contributed by atoms with E-state index in [0.717, 1.165) is 0 Å². The number of hydrogen-bond acceptors (Lipinski definition) is 8. The minimum Gasteiger partial charge on any atom is -0.493 e. The lowest BCUT2D eigenvalue weighted by Crippen LogP contribution is -2.27. The smallest absolute Gasteiger partial charge is 0.338 e. The second kappa shape index (κ2) is 11.2. The normalized spacial score (nSPS) is 14.6. The van der Waals surface area contributed by atoms with Gasteiger partial charge in [0.25, 0.3) is 0 Å². The fraction of sp³-hybridized carbons (Fsp3) is 0.350. The van der Waals surface area contributed by atoms with Crippen molar-refractivity contribution in [2.45, 2.75) is 6.42 Å². The number of carbonyl (C=O) groups excluding carboxylic acids is 3. The Bertz CT molecular complexity index is 806. The molecule has 29 heavy (non-hydrogen) atoms. The van der Waals surface area contributed by atoms with Crippen molar-refractivity contribution in [3.05, 3.63) is 47.5 Å². The van der Waals surface area contributed by atoms with E-state index in [9.17, 15) is 14.4 Å². The number of rotatable bonds is 10. The monoisotopic (exact) mass is 421 g/mol. The van der Waals surface area contributed by atoms with Crippen molar-refractivity contribution in [3.63, 3.8) is 0 Å². The van der Waals surface area contributed by atoms with E-state index in [1.165, 1.54) is 37.0 Å². The first kappa shape index (κ1) is 22.4. The molecule has 0 bridgehead atoms. The predicted octanol–water partition coefficient (Wildman–Crippen LogP) is 2.40. The first-order valence-corrected chi connectivity index (χ1v) is 9.80. The minimum absolute atomic E-state index is 0.101. The van der Waals surface area contributed by atoms with Gasteiger partial charge in [-0.05, 0) is 24.6 Å². The molecular weight excluding hydrogens is 398 g/mol. The summed E-state index contributed by atoms with van der Waals surface area (Å²) >= 11 is 1.27. The topological polar surface area (TPSA) is 91.4 Å². The molecule has 1 fully saturated rings. The molecule has 1 amide bonds. The van der Waals surface area contributed by atoms with Crippen molar-refractivity contribution in [2.24, 2.45) is 0 Å². The molecule has 1 aromatic rings. The number of thioether (sulfide) groups is 1. The van der Waals surface area contributed by atoms with Crippen LogP contribution in [0.15, 0.2) is 42.0 Å². The van der Waals surface area contributed by atoms with E-state index in [1.807, 2.05) is 0 Å². The zero-order valence-corrected chi connectivity index (χ0v) is 17.2. The highest BCUT2D eigenvalue weighted by atomic mass is 32.2. The molecule has 0 aliphatic carbocycles. The molecule has 0 spiro atoms. The summed E-state index contributed by atoms with van der Waals surface area (Å²) in [6.45, 7) is 4.36. The summed E-state index contributed by atoms with van der Waals surface area (Å²) in [7, 11) is 2.76. The molecule has 9 heteroatoms. The average Bonchev–Trinajstić information content (AvgIpc) is 3.08. The van der Waals surface area contributed by atoms with Gasteiger partial charge in [-0.3, -0.25) is 4.79 Å². The Kier molecular flexibility index (Phi) is 8.60. The highest BCUT2D eigenvalue weighted by Gasteiger charge is 2.27. The van der Waals surface area contributed by atoms with Crippen molar-refractivity contribution in [1.29, 1.82) is 0 Å². The van der Waals surface area contributed by atoms with Gasteiger partial charge >= 0.3 is 11.9 Å². The Balaban J connectivity index is 1.88. The Morgan fingerprint density at radius 3 is 2.76 bits per heavy atom. The fourth-order valence-corrected chi connectivity index (χ4v) is 3.42. The van der Waals surface area contributed by atoms with E-state index in [1.54, 1.807) is 24.3 Å². The molecule has 1 heterocycles. The van der Waals surface area contributed by atoms with Crippen LogP contribution in [-0.2, 0) is 19.1 Å². The van der Waals surface area contributed by atoms with Crippen LogP contribution in [0, 0.1) is 0 Å². The summed E-state index contributed by atoms with van der Waals surface area (Å²) < 4.78 is 20.5. The molecule has 0 atom stereocenters. The lowest BCUT2D eigenvalue weighted by atomic mass is 10.2. The Hall–Kier alpha value is -2.94. The van der Waals surface area contributed by atoms with Crippen LogP contribution >= 0.6 is 11.8 Å². The van der Waals surface area contributed by atoms with E-state index in [-0.39, 0.29) is 18.3 Å². The molecule has 0 saturated carbocycles. The summed E-state index contributed by atoms with van der Waals surface area (Å²) in [5.74, 6) is 0.0517. The number of amides is 1. The quantitative estimate of drug-likeness (QED) is 0.246. The Morgan fingerprint density at radius 1 is 1.28 bits per heavy atom. The lowest BCUT2D eigenvalue weighted by Gasteiger charge is -2.16.